The van der Waals surface area contributed by atoms with Crippen LogP contribution in [-0.2, 0) is 16.6 Å². The number of nitrogens with zero attached hydrogens (tertiary/aromatic N) is 6. The summed E-state index contributed by atoms with van der Waals surface area (Å²) in [5, 5.41) is 0. The number of rotatable bonds is 6. The van der Waals surface area contributed by atoms with Gasteiger partial charge in [0.05, 0.1) is 41.3 Å². The van der Waals surface area contributed by atoms with Gasteiger partial charge < -0.3 is 14.5 Å². The van der Waals surface area contributed by atoms with E-state index < -0.39 is 16.1 Å². The van der Waals surface area contributed by atoms with E-state index in [1.54, 1.807) is 35.5 Å². The second kappa shape index (κ2) is 13.3. The molecule has 12 heteroatoms. The molecule has 1 aliphatic heterocycles. The highest BCUT2D eigenvalue weighted by Crippen LogP contribution is 2.33. The quantitative estimate of drug-likeness (QED) is 0.226. The normalized spacial score (nSPS) is 17.4. The number of aromatic nitrogens is 4. The van der Waals surface area contributed by atoms with E-state index in [0.29, 0.717) is 17.4 Å². The number of sulfonamides is 1. The molecular formula is C37H37N7O4S. The lowest BCUT2D eigenvalue weighted by Crippen LogP contribution is -2.39. The summed E-state index contributed by atoms with van der Waals surface area (Å²) in [4.78, 5) is 36.8. The van der Waals surface area contributed by atoms with Crippen LogP contribution >= 0.6 is 0 Å². The number of hydrogen-bond acceptors (Lipinski definition) is 9. The molecule has 0 spiro atoms. The maximum atomic E-state index is 14.6. The molecule has 2 aromatic heterocycles. The molecule has 11 nitrogen and oxygen atoms in total. The minimum absolute atomic E-state index is 0.0138. The van der Waals surface area contributed by atoms with Crippen molar-refractivity contribution >= 4 is 27.7 Å². The predicted octanol–water partition coefficient (Wildman–Crippen LogP) is 6.12. The van der Waals surface area contributed by atoms with Crippen molar-refractivity contribution in [3.05, 3.63) is 119 Å². The number of benzene rings is 3. The zero-order chi connectivity index (χ0) is 34.1. The van der Waals surface area contributed by atoms with Crippen LogP contribution in [-0.4, -0.2) is 58.9 Å². The molecule has 1 N–H and O–H groups in total. The van der Waals surface area contributed by atoms with Crippen molar-refractivity contribution in [2.75, 3.05) is 23.3 Å². The molecule has 2 aliphatic rings. The summed E-state index contributed by atoms with van der Waals surface area (Å²) in [6, 6.07) is 23.0. The first-order valence-electron chi connectivity index (χ1n) is 16.3. The molecule has 1 aliphatic carbocycles. The van der Waals surface area contributed by atoms with E-state index >= 15 is 0 Å². The summed E-state index contributed by atoms with van der Waals surface area (Å²) in [6.45, 7) is 4.05. The Kier molecular flexibility index (Phi) is 8.72. The highest BCUT2D eigenvalue weighted by Gasteiger charge is 2.31. The van der Waals surface area contributed by atoms with Crippen LogP contribution < -0.4 is 14.4 Å². The average Bonchev–Trinajstić information content (AvgIpc) is 3.07. The molecular weight excluding hydrogens is 639 g/mol. The van der Waals surface area contributed by atoms with Crippen molar-refractivity contribution in [1.29, 1.82) is 0 Å². The molecule has 250 valence electrons. The van der Waals surface area contributed by atoms with Crippen LogP contribution in [0.1, 0.15) is 58.0 Å². The Morgan fingerprint density at radius 2 is 1.67 bits per heavy atom. The molecule has 1 saturated carbocycles. The Balaban J connectivity index is 1.36. The maximum absolute atomic E-state index is 14.6. The van der Waals surface area contributed by atoms with E-state index in [2.05, 4.69) is 24.6 Å². The SMILES string of the molecule is Cc1cccc(C)c1-c1cc2nc(n1)NS(=O)(=O)c1cccc(c1)C(=O)N(Cc1cncc(N(C)C3CCC3)n1)[C@H](c1ccccc1)CO2. The van der Waals surface area contributed by atoms with Gasteiger partial charge in [-0.2, -0.15) is 4.98 Å². The van der Waals surface area contributed by atoms with Gasteiger partial charge in [0.1, 0.15) is 12.4 Å². The van der Waals surface area contributed by atoms with Crippen molar-refractivity contribution < 1.29 is 17.9 Å². The van der Waals surface area contributed by atoms with Crippen molar-refractivity contribution in [3.63, 3.8) is 0 Å². The molecule has 1 amide bonds. The number of carbonyl (C=O) groups excluding carboxylic acids is 1. The molecule has 0 radical (unpaired) electrons. The van der Waals surface area contributed by atoms with Gasteiger partial charge in [-0.25, -0.2) is 23.1 Å². The number of fused-ring (bicyclic) bond motifs is 4. The van der Waals surface area contributed by atoms with Gasteiger partial charge in [0.15, 0.2) is 0 Å². The van der Waals surface area contributed by atoms with Gasteiger partial charge >= 0.3 is 0 Å². The second-order valence-electron chi connectivity index (χ2n) is 12.5. The summed E-state index contributed by atoms with van der Waals surface area (Å²) in [5.41, 5.74) is 4.91. The standard InChI is InChI=1S/C37H37N7O4S/c1-24-10-7-11-25(2)35(24)31-19-34-41-37(40-31)42-49(46,47)30-17-8-14-27(18-30)36(45)44(32(23-48-34)26-12-5-4-6-13-26)22-28-20-38-21-33(39-28)43(3)29-15-9-16-29/h4-8,10-14,17-21,29,32H,9,15-16,22-23H2,1-3H3,(H,40,41,42)/t32-/m0/s1. The number of nitrogens with one attached hydrogen (secondary N) is 1. The third-order valence-electron chi connectivity index (χ3n) is 9.26. The van der Waals surface area contributed by atoms with Crippen LogP contribution in [0.2, 0.25) is 0 Å². The van der Waals surface area contributed by atoms with Crippen LogP contribution in [0.15, 0.2) is 96.2 Å². The largest absolute Gasteiger partial charge is 0.475 e. The predicted molar refractivity (Wildman–Crippen MR) is 187 cm³/mol. The minimum atomic E-state index is -4.19. The zero-order valence-electron chi connectivity index (χ0n) is 27.6. The molecule has 0 saturated heterocycles. The van der Waals surface area contributed by atoms with Gasteiger partial charge in [0.25, 0.3) is 15.9 Å². The van der Waals surface area contributed by atoms with Gasteiger partial charge in [-0.1, -0.05) is 54.6 Å². The van der Waals surface area contributed by atoms with E-state index in [1.807, 2.05) is 69.4 Å². The molecule has 7 rings (SSSR count). The van der Waals surface area contributed by atoms with Gasteiger partial charge in [0.2, 0.25) is 11.8 Å². The lowest BCUT2D eigenvalue weighted by molar-refractivity contribution is 0.0581. The minimum Gasteiger partial charge on any atom is -0.475 e. The van der Waals surface area contributed by atoms with Crippen molar-refractivity contribution in [2.45, 2.75) is 56.6 Å². The highest BCUT2D eigenvalue weighted by atomic mass is 32.2. The van der Waals surface area contributed by atoms with E-state index in [1.165, 1.54) is 18.6 Å². The summed E-state index contributed by atoms with van der Waals surface area (Å²) < 4.78 is 36.4. The molecule has 1 fully saturated rings. The topological polar surface area (TPSA) is 131 Å². The molecule has 3 aromatic carbocycles. The summed E-state index contributed by atoms with van der Waals surface area (Å²) in [6.07, 6.45) is 6.79. The van der Waals surface area contributed by atoms with Crippen molar-refractivity contribution in [2.24, 2.45) is 0 Å². The van der Waals surface area contributed by atoms with Crippen LogP contribution in [0.25, 0.3) is 11.3 Å². The average molecular weight is 676 g/mol. The van der Waals surface area contributed by atoms with Crippen LogP contribution in [0, 0.1) is 13.8 Å². The van der Waals surface area contributed by atoms with Crippen LogP contribution in [0.4, 0.5) is 11.8 Å². The molecule has 1 atom stereocenters. The molecule has 4 bridgehead atoms. The van der Waals surface area contributed by atoms with Crippen LogP contribution in [0.3, 0.4) is 0 Å². The lowest BCUT2D eigenvalue weighted by atomic mass is 9.92. The van der Waals surface area contributed by atoms with E-state index in [0.717, 1.165) is 40.9 Å². The zero-order valence-corrected chi connectivity index (χ0v) is 28.4. The Morgan fingerprint density at radius 1 is 0.918 bits per heavy atom. The first kappa shape index (κ1) is 32.2. The van der Waals surface area contributed by atoms with Crippen LogP contribution in [0.5, 0.6) is 5.88 Å². The number of anilines is 2. The lowest BCUT2D eigenvalue weighted by Gasteiger charge is -2.36. The first-order valence-corrected chi connectivity index (χ1v) is 17.8. The Morgan fingerprint density at radius 3 is 2.41 bits per heavy atom. The van der Waals surface area contributed by atoms with E-state index in [4.69, 9.17) is 9.72 Å². The van der Waals surface area contributed by atoms with Gasteiger partial charge in [0, 0.05) is 30.3 Å². The van der Waals surface area contributed by atoms with E-state index in [9.17, 15) is 13.2 Å². The Bertz CT molecular complexity index is 2100. The summed E-state index contributed by atoms with van der Waals surface area (Å²) in [5.74, 6) is 0.373. The van der Waals surface area contributed by atoms with Gasteiger partial charge in [-0.15, -0.1) is 0 Å². The Hall–Kier alpha value is -5.36. The molecule has 5 aromatic rings. The number of amides is 1. The maximum Gasteiger partial charge on any atom is 0.264 e. The van der Waals surface area contributed by atoms with Crippen molar-refractivity contribution in [3.8, 4) is 17.1 Å². The number of carbonyl (C=O) groups is 1. The first-order chi connectivity index (χ1) is 23.7. The number of hydrogen-bond donors (Lipinski definition) is 1. The Labute approximate surface area is 286 Å². The van der Waals surface area contributed by atoms with Gasteiger partial charge in [-0.05, 0) is 68.0 Å². The summed E-state index contributed by atoms with van der Waals surface area (Å²) >= 11 is 0. The fraction of sp³-hybridized carbons (Fsp3) is 0.270. The van der Waals surface area contributed by atoms with E-state index in [-0.39, 0.29) is 41.3 Å². The smallest absolute Gasteiger partial charge is 0.264 e. The molecule has 49 heavy (non-hydrogen) atoms. The second-order valence-corrected chi connectivity index (χ2v) is 14.2. The monoisotopic (exact) mass is 675 g/mol. The number of aryl methyl sites for hydroxylation is 2. The highest BCUT2D eigenvalue weighted by molar-refractivity contribution is 7.92. The fourth-order valence-electron chi connectivity index (χ4n) is 6.34. The summed E-state index contributed by atoms with van der Waals surface area (Å²) in [7, 11) is -2.17. The van der Waals surface area contributed by atoms with Gasteiger partial charge in [-0.3, -0.25) is 9.78 Å². The number of ether oxygens (including phenoxy) is 1. The molecule has 3 heterocycles. The fourth-order valence-corrected chi connectivity index (χ4v) is 7.33. The van der Waals surface area contributed by atoms with Crippen molar-refractivity contribution in [1.82, 2.24) is 24.8 Å². The third kappa shape index (κ3) is 6.68. The third-order valence-corrected chi connectivity index (χ3v) is 10.6. The molecule has 0 unspecified atom stereocenters.